The second-order valence-corrected chi connectivity index (χ2v) is 11.9. The molecule has 0 radical (unpaired) electrons. The predicted octanol–water partition coefficient (Wildman–Crippen LogP) is 2.66. The molecule has 1 heterocycles. The molecule has 3 unspecified atom stereocenters. The molecule has 10 heteroatoms. The Balaban J connectivity index is 1.40. The number of nitrogens with one attached hydrogen (secondary N) is 3. The summed E-state index contributed by atoms with van der Waals surface area (Å²) in [6.45, 7) is 3.26. The van der Waals surface area contributed by atoms with Crippen LogP contribution < -0.4 is 15.8 Å². The summed E-state index contributed by atoms with van der Waals surface area (Å²) in [5.41, 5.74) is 8.61. The predicted molar refractivity (Wildman–Crippen MR) is 134 cm³/mol. The van der Waals surface area contributed by atoms with Crippen LogP contribution in [0.2, 0.25) is 0 Å². The zero-order chi connectivity index (χ0) is 25.5. The van der Waals surface area contributed by atoms with Crippen molar-refractivity contribution in [2.45, 2.75) is 43.8 Å². The van der Waals surface area contributed by atoms with Gasteiger partial charge in [0.1, 0.15) is 16.4 Å². The van der Waals surface area contributed by atoms with Gasteiger partial charge < -0.3 is 16.2 Å². The Morgan fingerprint density at radius 3 is 2.46 bits per heavy atom. The molecule has 4 rings (SSSR count). The fourth-order valence-electron chi connectivity index (χ4n) is 4.93. The number of carbonyl (C=O) groups is 2. The van der Waals surface area contributed by atoms with Crippen molar-refractivity contribution in [1.82, 2.24) is 0 Å². The molecule has 2 aromatic carbocycles. The van der Waals surface area contributed by atoms with Gasteiger partial charge in [0, 0.05) is 36.6 Å². The summed E-state index contributed by atoms with van der Waals surface area (Å²) in [7, 11) is -3.53. The summed E-state index contributed by atoms with van der Waals surface area (Å²) >= 11 is 0. The monoisotopic (exact) mass is 498 g/mol. The highest BCUT2D eigenvalue weighted by atomic mass is 32.2. The molecular weight excluding hydrogens is 468 g/mol. The second kappa shape index (κ2) is 9.09. The van der Waals surface area contributed by atoms with Gasteiger partial charge in [0.15, 0.2) is 0 Å². The van der Waals surface area contributed by atoms with E-state index < -0.39 is 14.8 Å². The smallest absolute Gasteiger partial charge is 0.242 e. The summed E-state index contributed by atoms with van der Waals surface area (Å²) in [4.78, 5) is 25.3. The maximum atomic E-state index is 13.0. The van der Waals surface area contributed by atoms with Gasteiger partial charge in [0.05, 0.1) is 5.69 Å². The Hall–Kier alpha value is -3.24. The molecule has 1 saturated carbocycles. The normalized spacial score (nSPS) is 23.1. The highest BCUT2D eigenvalue weighted by molar-refractivity contribution is 7.94. The van der Waals surface area contributed by atoms with E-state index in [4.69, 9.17) is 11.1 Å². The minimum atomic E-state index is -3.53. The maximum Gasteiger partial charge on any atom is 0.242 e. The van der Waals surface area contributed by atoms with Crippen molar-refractivity contribution >= 4 is 38.9 Å². The van der Waals surface area contributed by atoms with Gasteiger partial charge in [-0.05, 0) is 73.6 Å². The van der Waals surface area contributed by atoms with Crippen LogP contribution in [0.3, 0.4) is 0 Å². The molecule has 0 spiro atoms. The number of nitrogen functional groups attached to an aromatic ring is 1. The number of benzene rings is 2. The molecule has 2 aliphatic rings. The van der Waals surface area contributed by atoms with E-state index in [0.29, 0.717) is 28.9 Å². The Labute approximate surface area is 204 Å². The molecule has 0 aromatic heterocycles. The second-order valence-electron chi connectivity index (χ2n) is 9.65. The van der Waals surface area contributed by atoms with Crippen molar-refractivity contribution < 1.29 is 23.1 Å². The molecule has 1 fully saturated rings. The van der Waals surface area contributed by atoms with E-state index in [1.807, 2.05) is 6.07 Å². The lowest BCUT2D eigenvalue weighted by Gasteiger charge is -2.16. The van der Waals surface area contributed by atoms with E-state index in [2.05, 4.69) is 10.0 Å². The number of fused-ring (bicyclic) bond motifs is 1. The van der Waals surface area contributed by atoms with Crippen molar-refractivity contribution in [2.24, 2.45) is 17.6 Å². The molecule has 9 nitrogen and oxygen atoms in total. The zero-order valence-electron chi connectivity index (χ0n) is 19.7. The Kier molecular flexibility index (Phi) is 6.46. The van der Waals surface area contributed by atoms with Crippen molar-refractivity contribution in [2.75, 3.05) is 16.6 Å². The number of amides is 1. The average Bonchev–Trinajstić information content (AvgIpc) is 3.47. The number of sulfonamides is 1. The topological polar surface area (TPSA) is 162 Å². The van der Waals surface area contributed by atoms with Crippen LogP contribution in [0.25, 0.3) is 0 Å². The minimum Gasteiger partial charge on any atom is -0.396 e. The number of aliphatic hydroxyl groups excluding tert-OH is 1. The van der Waals surface area contributed by atoms with Gasteiger partial charge in [0.2, 0.25) is 15.9 Å². The van der Waals surface area contributed by atoms with Gasteiger partial charge in [-0.1, -0.05) is 12.1 Å². The summed E-state index contributed by atoms with van der Waals surface area (Å²) < 4.78 is 26.5. The van der Waals surface area contributed by atoms with E-state index >= 15 is 0 Å². The average molecular weight is 499 g/mol. The zero-order valence-corrected chi connectivity index (χ0v) is 20.5. The van der Waals surface area contributed by atoms with Gasteiger partial charge in [-0.3, -0.25) is 19.7 Å². The van der Waals surface area contributed by atoms with Crippen LogP contribution in [0.4, 0.5) is 11.4 Å². The van der Waals surface area contributed by atoms with Crippen LogP contribution in [-0.2, 0) is 24.4 Å². The standard InChI is InChI=1S/C25H30N4O5S/c1-25(2)18-8-5-15(13-19(18)29-35(25,33)34)22-17(11-12-30)23(22)20(31)9-10-21(32)28-16-6-3-14(4-7-16)24(26)27/h3-8,13,17,22-23,29-30H,9-12H2,1-2H3,(H3,26,27)(H,28,32). The van der Waals surface area contributed by atoms with E-state index in [1.54, 1.807) is 50.2 Å². The lowest BCUT2D eigenvalue weighted by Crippen LogP contribution is -2.26. The number of amidine groups is 1. The number of aliphatic hydroxyl groups is 1. The minimum absolute atomic E-state index is 0.0283. The van der Waals surface area contributed by atoms with E-state index in [0.717, 1.165) is 5.56 Å². The highest BCUT2D eigenvalue weighted by Crippen LogP contribution is 2.58. The van der Waals surface area contributed by atoms with Crippen LogP contribution >= 0.6 is 0 Å². The van der Waals surface area contributed by atoms with E-state index in [9.17, 15) is 23.1 Å². The first kappa shape index (κ1) is 24.9. The van der Waals surface area contributed by atoms with Crippen molar-refractivity contribution in [3.63, 3.8) is 0 Å². The fourth-order valence-corrected chi connectivity index (χ4v) is 6.11. The van der Waals surface area contributed by atoms with Crippen LogP contribution in [-0.4, -0.2) is 37.7 Å². The van der Waals surface area contributed by atoms with Crippen LogP contribution in [0.5, 0.6) is 0 Å². The van der Waals surface area contributed by atoms with E-state index in [1.165, 1.54) is 0 Å². The van der Waals surface area contributed by atoms with Gasteiger partial charge in [-0.25, -0.2) is 8.42 Å². The number of Topliss-reactive ketones (excluding diaryl/α,β-unsaturated/α-hetero) is 1. The molecule has 1 amide bonds. The van der Waals surface area contributed by atoms with Gasteiger partial charge in [-0.15, -0.1) is 0 Å². The van der Waals surface area contributed by atoms with Crippen LogP contribution in [0.1, 0.15) is 55.7 Å². The third-order valence-electron chi connectivity index (χ3n) is 7.07. The first-order valence-corrected chi connectivity index (χ1v) is 13.0. The summed E-state index contributed by atoms with van der Waals surface area (Å²) in [5, 5.41) is 19.6. The molecule has 186 valence electrons. The quantitative estimate of drug-likeness (QED) is 0.264. The first-order chi connectivity index (χ1) is 16.5. The molecule has 6 N–H and O–H groups in total. The van der Waals surface area contributed by atoms with E-state index in [-0.39, 0.29) is 54.7 Å². The fraction of sp³-hybridized carbons (Fsp3) is 0.400. The number of nitrogens with two attached hydrogens (primary N) is 1. The Morgan fingerprint density at radius 1 is 1.14 bits per heavy atom. The Bertz CT molecular complexity index is 1290. The number of hydrogen-bond acceptors (Lipinski definition) is 6. The van der Waals surface area contributed by atoms with Gasteiger partial charge >= 0.3 is 0 Å². The van der Waals surface area contributed by atoms with Crippen LogP contribution in [0.15, 0.2) is 42.5 Å². The van der Waals surface area contributed by atoms with Crippen molar-refractivity contribution in [3.05, 3.63) is 59.2 Å². The molecule has 1 aliphatic heterocycles. The van der Waals surface area contributed by atoms with Crippen molar-refractivity contribution in [1.29, 1.82) is 5.41 Å². The summed E-state index contributed by atoms with van der Waals surface area (Å²) in [6.07, 6.45) is 0.565. The summed E-state index contributed by atoms with van der Waals surface area (Å²) in [6, 6.07) is 12.0. The molecule has 0 bridgehead atoms. The van der Waals surface area contributed by atoms with Gasteiger partial charge in [-0.2, -0.15) is 0 Å². The van der Waals surface area contributed by atoms with Crippen molar-refractivity contribution in [3.8, 4) is 0 Å². The number of anilines is 2. The SMILES string of the molecule is CC1(C)c2ccc(C3C(CCO)C3C(=O)CCC(=O)Nc3ccc(C(=N)N)cc3)cc2NS1(=O)=O. The first-order valence-electron chi connectivity index (χ1n) is 11.5. The molecule has 35 heavy (non-hydrogen) atoms. The number of carbonyl (C=O) groups excluding carboxylic acids is 2. The van der Waals surface area contributed by atoms with Crippen LogP contribution in [0, 0.1) is 17.2 Å². The molecule has 0 saturated heterocycles. The highest BCUT2D eigenvalue weighted by Gasteiger charge is 2.54. The summed E-state index contributed by atoms with van der Waals surface area (Å²) in [5.74, 6) is -0.867. The molecule has 3 atom stereocenters. The lowest BCUT2D eigenvalue weighted by atomic mass is 9.96. The molecule has 2 aromatic rings. The Morgan fingerprint density at radius 2 is 1.83 bits per heavy atom. The number of rotatable bonds is 9. The third kappa shape index (κ3) is 4.68. The lowest BCUT2D eigenvalue weighted by molar-refractivity contribution is -0.124. The number of hydrogen-bond donors (Lipinski definition) is 5. The maximum absolute atomic E-state index is 13.0. The number of ketones is 1. The molecular formula is C25H30N4O5S. The largest absolute Gasteiger partial charge is 0.396 e. The molecule has 1 aliphatic carbocycles. The third-order valence-corrected chi connectivity index (χ3v) is 9.13. The van der Waals surface area contributed by atoms with Gasteiger partial charge in [0.25, 0.3) is 0 Å².